The third-order valence-electron chi connectivity index (χ3n) is 2.92. The summed E-state index contributed by atoms with van der Waals surface area (Å²) in [6.07, 6.45) is 0.851. The highest BCUT2D eigenvalue weighted by atomic mass is 35.5. The maximum absolute atomic E-state index is 6.28. The molecule has 4 heteroatoms. The van der Waals surface area contributed by atoms with Crippen molar-refractivity contribution >= 4 is 23.2 Å². The van der Waals surface area contributed by atoms with Gasteiger partial charge in [0.05, 0.1) is 14.2 Å². The molecule has 0 unspecified atom stereocenters. The molecule has 0 aliphatic rings. The van der Waals surface area contributed by atoms with Gasteiger partial charge in [0.25, 0.3) is 0 Å². The summed E-state index contributed by atoms with van der Waals surface area (Å²) in [6, 6.07) is 3.71. The van der Waals surface area contributed by atoms with Gasteiger partial charge in [0.1, 0.15) is 0 Å². The molecule has 0 spiro atoms. The normalized spacial score (nSPS) is 11.4. The van der Waals surface area contributed by atoms with Crippen molar-refractivity contribution in [3.8, 4) is 11.5 Å². The molecule has 2 nitrogen and oxygen atoms in total. The maximum Gasteiger partial charge on any atom is 0.162 e. The SMILES string of the molecule is COc1cc(Cl)c(C(C)(C)CCCl)cc1OC. The number of halogens is 2. The summed E-state index contributed by atoms with van der Waals surface area (Å²) in [7, 11) is 3.21. The third-order valence-corrected chi connectivity index (χ3v) is 3.42. The van der Waals surface area contributed by atoms with Crippen molar-refractivity contribution in [1.29, 1.82) is 0 Å². The first-order chi connectivity index (χ1) is 7.96. The molecule has 96 valence electrons. The Balaban J connectivity index is 3.25. The zero-order valence-electron chi connectivity index (χ0n) is 10.6. The fourth-order valence-electron chi connectivity index (χ4n) is 1.74. The van der Waals surface area contributed by atoms with Crippen LogP contribution in [0, 0.1) is 0 Å². The molecule has 0 heterocycles. The standard InChI is InChI=1S/C13H18Cl2O2/c1-13(2,5-6-14)9-7-11(16-3)12(17-4)8-10(9)15/h7-8H,5-6H2,1-4H3. The molecule has 0 saturated heterocycles. The van der Waals surface area contributed by atoms with Crippen LogP contribution in [-0.2, 0) is 5.41 Å². The van der Waals surface area contributed by atoms with Gasteiger partial charge in [-0.15, -0.1) is 11.6 Å². The second-order valence-corrected chi connectivity index (χ2v) is 5.30. The Morgan fingerprint density at radius 1 is 1.12 bits per heavy atom. The number of ether oxygens (including phenoxy) is 2. The molecule has 0 saturated carbocycles. The summed E-state index contributed by atoms with van der Waals surface area (Å²) < 4.78 is 10.5. The zero-order chi connectivity index (χ0) is 13.1. The van der Waals surface area contributed by atoms with Crippen molar-refractivity contribution in [2.75, 3.05) is 20.1 Å². The minimum absolute atomic E-state index is 0.0849. The predicted octanol–water partition coefficient (Wildman–Crippen LogP) is 4.26. The highest BCUT2D eigenvalue weighted by Gasteiger charge is 2.24. The second kappa shape index (κ2) is 5.83. The second-order valence-electron chi connectivity index (χ2n) is 4.51. The van der Waals surface area contributed by atoms with Gasteiger partial charge in [0.2, 0.25) is 0 Å². The third kappa shape index (κ3) is 3.20. The van der Waals surface area contributed by atoms with E-state index in [0.717, 1.165) is 12.0 Å². The Bertz CT molecular complexity index is 389. The molecular weight excluding hydrogens is 259 g/mol. The van der Waals surface area contributed by atoms with Crippen LogP contribution in [-0.4, -0.2) is 20.1 Å². The fraction of sp³-hybridized carbons (Fsp3) is 0.538. The zero-order valence-corrected chi connectivity index (χ0v) is 12.2. The Kier molecular flexibility index (Phi) is 4.96. The molecule has 1 rings (SSSR count). The van der Waals surface area contributed by atoms with Gasteiger partial charge in [-0.3, -0.25) is 0 Å². The Morgan fingerprint density at radius 2 is 1.65 bits per heavy atom. The molecule has 1 aromatic rings. The number of hydrogen-bond acceptors (Lipinski definition) is 2. The molecule has 0 radical (unpaired) electrons. The molecule has 0 amide bonds. The van der Waals surface area contributed by atoms with Crippen LogP contribution in [0.4, 0.5) is 0 Å². The van der Waals surface area contributed by atoms with Crippen molar-refractivity contribution < 1.29 is 9.47 Å². The van der Waals surface area contributed by atoms with E-state index in [0.29, 0.717) is 22.4 Å². The summed E-state index contributed by atoms with van der Waals surface area (Å²) >= 11 is 12.1. The van der Waals surface area contributed by atoms with E-state index in [1.807, 2.05) is 6.07 Å². The molecule has 17 heavy (non-hydrogen) atoms. The monoisotopic (exact) mass is 276 g/mol. The molecule has 0 aromatic heterocycles. The largest absolute Gasteiger partial charge is 0.493 e. The molecular formula is C13H18Cl2O2. The summed E-state index contributed by atoms with van der Waals surface area (Å²) in [5.41, 5.74) is 0.940. The van der Waals surface area contributed by atoms with Gasteiger partial charge in [0.15, 0.2) is 11.5 Å². The van der Waals surface area contributed by atoms with Crippen LogP contribution in [0.25, 0.3) is 0 Å². The Morgan fingerprint density at radius 3 is 2.12 bits per heavy atom. The predicted molar refractivity (Wildman–Crippen MR) is 72.9 cm³/mol. The maximum atomic E-state index is 6.28. The highest BCUT2D eigenvalue weighted by molar-refractivity contribution is 6.31. The van der Waals surface area contributed by atoms with Crippen LogP contribution in [0.15, 0.2) is 12.1 Å². The number of benzene rings is 1. The van der Waals surface area contributed by atoms with Gasteiger partial charge >= 0.3 is 0 Å². The molecule has 1 aromatic carbocycles. The van der Waals surface area contributed by atoms with E-state index >= 15 is 0 Å². The van der Waals surface area contributed by atoms with Gasteiger partial charge in [0, 0.05) is 17.0 Å². The van der Waals surface area contributed by atoms with Crippen LogP contribution >= 0.6 is 23.2 Å². The number of rotatable bonds is 5. The average molecular weight is 277 g/mol. The van der Waals surface area contributed by atoms with Crippen LogP contribution in [0.2, 0.25) is 5.02 Å². The van der Waals surface area contributed by atoms with E-state index in [-0.39, 0.29) is 5.41 Å². The summed E-state index contributed by atoms with van der Waals surface area (Å²) in [6.45, 7) is 4.23. The first-order valence-electron chi connectivity index (χ1n) is 5.44. The smallest absolute Gasteiger partial charge is 0.162 e. The minimum atomic E-state index is -0.0849. The highest BCUT2D eigenvalue weighted by Crippen LogP contribution is 2.40. The van der Waals surface area contributed by atoms with Crippen LogP contribution in [0.1, 0.15) is 25.8 Å². The molecule has 0 aliphatic heterocycles. The van der Waals surface area contributed by atoms with Gasteiger partial charge in [-0.25, -0.2) is 0 Å². The molecule has 0 aliphatic carbocycles. The van der Waals surface area contributed by atoms with Crippen LogP contribution in [0.5, 0.6) is 11.5 Å². The fourth-order valence-corrected chi connectivity index (χ4v) is 2.63. The lowest BCUT2D eigenvalue weighted by Gasteiger charge is -2.26. The van der Waals surface area contributed by atoms with Crippen LogP contribution < -0.4 is 9.47 Å². The molecule has 0 atom stereocenters. The summed E-state index contributed by atoms with van der Waals surface area (Å²) in [5, 5.41) is 0.678. The molecule has 0 N–H and O–H groups in total. The van der Waals surface area contributed by atoms with E-state index in [4.69, 9.17) is 32.7 Å². The van der Waals surface area contributed by atoms with Gasteiger partial charge in [-0.05, 0) is 23.5 Å². The Labute approximate surface area is 113 Å². The quantitative estimate of drug-likeness (QED) is 0.748. The lowest BCUT2D eigenvalue weighted by atomic mass is 9.82. The van der Waals surface area contributed by atoms with Crippen molar-refractivity contribution in [2.45, 2.75) is 25.7 Å². The van der Waals surface area contributed by atoms with Crippen molar-refractivity contribution in [2.24, 2.45) is 0 Å². The number of hydrogen-bond donors (Lipinski definition) is 0. The lowest BCUT2D eigenvalue weighted by Crippen LogP contribution is -2.18. The van der Waals surface area contributed by atoms with E-state index in [1.165, 1.54) is 0 Å². The van der Waals surface area contributed by atoms with E-state index in [9.17, 15) is 0 Å². The van der Waals surface area contributed by atoms with Crippen molar-refractivity contribution in [1.82, 2.24) is 0 Å². The Hall–Kier alpha value is -0.600. The lowest BCUT2D eigenvalue weighted by molar-refractivity contribution is 0.353. The van der Waals surface area contributed by atoms with Gasteiger partial charge in [-0.1, -0.05) is 25.4 Å². The first-order valence-corrected chi connectivity index (χ1v) is 6.35. The van der Waals surface area contributed by atoms with E-state index < -0.39 is 0 Å². The first kappa shape index (κ1) is 14.5. The minimum Gasteiger partial charge on any atom is -0.493 e. The number of methoxy groups -OCH3 is 2. The average Bonchev–Trinajstić information content (AvgIpc) is 2.28. The molecule has 0 fully saturated rings. The topological polar surface area (TPSA) is 18.5 Å². The number of alkyl halides is 1. The summed E-state index contributed by atoms with van der Waals surface area (Å²) in [4.78, 5) is 0. The van der Waals surface area contributed by atoms with Gasteiger partial charge < -0.3 is 9.47 Å². The van der Waals surface area contributed by atoms with Crippen LogP contribution in [0.3, 0.4) is 0 Å². The van der Waals surface area contributed by atoms with E-state index in [2.05, 4.69) is 13.8 Å². The van der Waals surface area contributed by atoms with Gasteiger partial charge in [-0.2, -0.15) is 0 Å². The summed E-state index contributed by atoms with van der Waals surface area (Å²) in [5.74, 6) is 1.93. The van der Waals surface area contributed by atoms with E-state index in [1.54, 1.807) is 20.3 Å². The van der Waals surface area contributed by atoms with Crippen molar-refractivity contribution in [3.05, 3.63) is 22.7 Å². The van der Waals surface area contributed by atoms with Crippen molar-refractivity contribution in [3.63, 3.8) is 0 Å². The molecule has 0 bridgehead atoms.